The quantitative estimate of drug-likeness (QED) is 0.892. The summed E-state index contributed by atoms with van der Waals surface area (Å²) in [7, 11) is 0. The van der Waals surface area contributed by atoms with E-state index in [2.05, 4.69) is 9.97 Å². The molecule has 0 bridgehead atoms. The highest BCUT2D eigenvalue weighted by atomic mass is 16.5. The zero-order chi connectivity index (χ0) is 16.3. The summed E-state index contributed by atoms with van der Waals surface area (Å²) < 4.78 is 5.55. The maximum Gasteiger partial charge on any atom is 0.316 e. The van der Waals surface area contributed by atoms with E-state index in [-0.39, 0.29) is 18.5 Å². The van der Waals surface area contributed by atoms with E-state index in [1.54, 1.807) is 4.90 Å². The Labute approximate surface area is 131 Å². The van der Waals surface area contributed by atoms with Crippen molar-refractivity contribution in [1.29, 1.82) is 0 Å². The minimum absolute atomic E-state index is 0.0913. The molecule has 0 radical (unpaired) electrons. The van der Waals surface area contributed by atoms with E-state index >= 15 is 0 Å². The van der Waals surface area contributed by atoms with Crippen LogP contribution in [-0.4, -0.2) is 51.2 Å². The van der Waals surface area contributed by atoms with Crippen LogP contribution in [0, 0.1) is 19.8 Å². The molecule has 1 aromatic rings. The summed E-state index contributed by atoms with van der Waals surface area (Å²) in [5.41, 5.74) is 0.637. The van der Waals surface area contributed by atoms with Gasteiger partial charge in [-0.15, -0.1) is 0 Å². The van der Waals surface area contributed by atoms with E-state index < -0.39 is 5.60 Å². The Morgan fingerprint density at radius 1 is 1.41 bits per heavy atom. The smallest absolute Gasteiger partial charge is 0.316 e. The molecular weight excluding hydrogens is 282 g/mol. The Bertz CT molecular complexity index is 527. The molecule has 22 heavy (non-hydrogen) atoms. The molecule has 1 amide bonds. The van der Waals surface area contributed by atoms with Crippen LogP contribution in [0.15, 0.2) is 6.07 Å². The molecule has 1 saturated heterocycles. The number of ether oxygens (including phenoxy) is 1. The van der Waals surface area contributed by atoms with E-state index in [0.717, 1.165) is 11.4 Å². The van der Waals surface area contributed by atoms with Gasteiger partial charge < -0.3 is 14.7 Å². The number of aromatic nitrogens is 2. The van der Waals surface area contributed by atoms with Crippen molar-refractivity contribution in [3.8, 4) is 6.01 Å². The highest BCUT2D eigenvalue weighted by Crippen LogP contribution is 2.23. The van der Waals surface area contributed by atoms with Crippen molar-refractivity contribution < 1.29 is 14.6 Å². The summed E-state index contributed by atoms with van der Waals surface area (Å²) in [5.74, 6) is 0.412. The lowest BCUT2D eigenvalue weighted by molar-refractivity contribution is -0.132. The normalized spacial score (nSPS) is 21.5. The Morgan fingerprint density at radius 2 is 2.05 bits per heavy atom. The molecule has 1 atom stereocenters. The lowest BCUT2D eigenvalue weighted by Crippen LogP contribution is -2.41. The number of carbonyl (C=O) groups is 1. The standard InChI is InChI=1S/C16H25N3O3/c1-11(2)7-14(20)19-6-5-16(21,9-19)10-22-15-17-12(3)8-13(4)18-15/h8,11,21H,5-7,9-10H2,1-4H3/t16-/m0/s1. The van der Waals surface area contributed by atoms with E-state index in [0.29, 0.717) is 31.8 Å². The van der Waals surface area contributed by atoms with Gasteiger partial charge in [-0.3, -0.25) is 4.79 Å². The second-order valence-electron chi connectivity index (χ2n) is 6.61. The molecule has 6 heteroatoms. The van der Waals surface area contributed by atoms with E-state index in [1.807, 2.05) is 33.8 Å². The summed E-state index contributed by atoms with van der Waals surface area (Å²) in [4.78, 5) is 22.2. The largest absolute Gasteiger partial charge is 0.460 e. The van der Waals surface area contributed by atoms with Gasteiger partial charge in [0.15, 0.2) is 0 Å². The Kier molecular flexibility index (Phi) is 5.01. The summed E-state index contributed by atoms with van der Waals surface area (Å²) in [6.45, 7) is 8.75. The molecule has 6 nitrogen and oxygen atoms in total. The van der Waals surface area contributed by atoms with Crippen molar-refractivity contribution in [3.63, 3.8) is 0 Å². The van der Waals surface area contributed by atoms with Crippen LogP contribution in [0.25, 0.3) is 0 Å². The fourth-order valence-electron chi connectivity index (χ4n) is 2.62. The van der Waals surface area contributed by atoms with Gasteiger partial charge in [-0.05, 0) is 32.3 Å². The number of rotatable bonds is 5. The third-order valence-electron chi connectivity index (χ3n) is 3.70. The fourth-order valence-corrected chi connectivity index (χ4v) is 2.62. The molecule has 2 heterocycles. The maximum absolute atomic E-state index is 12.1. The van der Waals surface area contributed by atoms with Crippen molar-refractivity contribution in [1.82, 2.24) is 14.9 Å². The SMILES string of the molecule is Cc1cc(C)nc(OC[C@]2(O)CCN(C(=O)CC(C)C)C2)n1. The molecule has 122 valence electrons. The number of aryl methyl sites for hydroxylation is 2. The minimum atomic E-state index is -1.02. The molecule has 0 aliphatic carbocycles. The summed E-state index contributed by atoms with van der Waals surface area (Å²) in [6, 6.07) is 2.14. The molecule has 0 saturated carbocycles. The van der Waals surface area contributed by atoms with E-state index in [9.17, 15) is 9.90 Å². The molecule has 1 fully saturated rings. The first kappa shape index (κ1) is 16.7. The lowest BCUT2D eigenvalue weighted by Gasteiger charge is -2.23. The van der Waals surface area contributed by atoms with Gasteiger partial charge in [-0.25, -0.2) is 9.97 Å². The van der Waals surface area contributed by atoms with Crippen LogP contribution >= 0.6 is 0 Å². The predicted molar refractivity (Wildman–Crippen MR) is 82.6 cm³/mol. The molecular formula is C16H25N3O3. The van der Waals surface area contributed by atoms with E-state index in [4.69, 9.17) is 4.74 Å². The number of β-amino-alcohol motifs (C(OH)–C–C–N with tert-alkyl or cyclic N) is 1. The molecule has 1 N–H and O–H groups in total. The number of nitrogens with zero attached hydrogens (tertiary/aromatic N) is 3. The third-order valence-corrected chi connectivity index (χ3v) is 3.70. The predicted octanol–water partition coefficient (Wildman–Crippen LogP) is 1.48. The topological polar surface area (TPSA) is 75.6 Å². The number of aliphatic hydroxyl groups is 1. The number of carbonyl (C=O) groups excluding carboxylic acids is 1. The Hall–Kier alpha value is -1.69. The maximum atomic E-state index is 12.1. The molecule has 1 aliphatic heterocycles. The molecule has 0 unspecified atom stereocenters. The van der Waals surface area contributed by atoms with Gasteiger partial charge in [-0.2, -0.15) is 0 Å². The van der Waals surface area contributed by atoms with Crippen LogP contribution in [0.2, 0.25) is 0 Å². The molecule has 2 rings (SSSR count). The van der Waals surface area contributed by atoms with Crippen molar-refractivity contribution in [2.24, 2.45) is 5.92 Å². The number of likely N-dealkylation sites (tertiary alicyclic amines) is 1. The first-order valence-electron chi connectivity index (χ1n) is 7.73. The van der Waals surface area contributed by atoms with Gasteiger partial charge in [0.25, 0.3) is 0 Å². The van der Waals surface area contributed by atoms with Crippen LogP contribution in [-0.2, 0) is 4.79 Å². The zero-order valence-electron chi connectivity index (χ0n) is 13.8. The van der Waals surface area contributed by atoms with Crippen LogP contribution in [0.1, 0.15) is 38.1 Å². The van der Waals surface area contributed by atoms with Crippen LogP contribution in [0.5, 0.6) is 6.01 Å². The van der Waals surface area contributed by atoms with Crippen LogP contribution < -0.4 is 4.74 Å². The van der Waals surface area contributed by atoms with Gasteiger partial charge in [0.2, 0.25) is 5.91 Å². The minimum Gasteiger partial charge on any atom is -0.460 e. The van der Waals surface area contributed by atoms with Gasteiger partial charge in [0.05, 0.1) is 6.54 Å². The molecule has 1 aromatic heterocycles. The van der Waals surface area contributed by atoms with Gasteiger partial charge in [0.1, 0.15) is 12.2 Å². The Balaban J connectivity index is 1.91. The fraction of sp³-hybridized carbons (Fsp3) is 0.688. The highest BCUT2D eigenvalue weighted by molar-refractivity contribution is 5.76. The molecule has 1 aliphatic rings. The second-order valence-corrected chi connectivity index (χ2v) is 6.61. The summed E-state index contributed by atoms with van der Waals surface area (Å²) >= 11 is 0. The van der Waals surface area contributed by atoms with E-state index in [1.165, 1.54) is 0 Å². The number of hydrogen-bond acceptors (Lipinski definition) is 5. The number of amides is 1. The van der Waals surface area contributed by atoms with Crippen molar-refractivity contribution in [2.45, 2.75) is 46.1 Å². The van der Waals surface area contributed by atoms with Crippen LogP contribution in [0.3, 0.4) is 0 Å². The Morgan fingerprint density at radius 3 is 2.64 bits per heavy atom. The van der Waals surface area contributed by atoms with Crippen molar-refractivity contribution >= 4 is 5.91 Å². The van der Waals surface area contributed by atoms with Crippen molar-refractivity contribution in [2.75, 3.05) is 19.7 Å². The number of hydrogen-bond donors (Lipinski definition) is 1. The summed E-state index contributed by atoms with van der Waals surface area (Å²) in [5, 5.41) is 10.6. The third kappa shape index (κ3) is 4.40. The first-order valence-corrected chi connectivity index (χ1v) is 7.73. The lowest BCUT2D eigenvalue weighted by atomic mass is 10.1. The monoisotopic (exact) mass is 307 g/mol. The average molecular weight is 307 g/mol. The van der Waals surface area contributed by atoms with Crippen molar-refractivity contribution in [3.05, 3.63) is 17.5 Å². The summed E-state index contributed by atoms with van der Waals surface area (Å²) in [6.07, 6.45) is 1.03. The molecule has 0 aromatic carbocycles. The zero-order valence-corrected chi connectivity index (χ0v) is 13.8. The van der Waals surface area contributed by atoms with Gasteiger partial charge >= 0.3 is 6.01 Å². The molecule has 0 spiro atoms. The first-order chi connectivity index (χ1) is 10.3. The van der Waals surface area contributed by atoms with Gasteiger partial charge in [0, 0.05) is 24.4 Å². The van der Waals surface area contributed by atoms with Crippen LogP contribution in [0.4, 0.5) is 0 Å². The second kappa shape index (κ2) is 6.60. The highest BCUT2D eigenvalue weighted by Gasteiger charge is 2.39. The average Bonchev–Trinajstić information content (AvgIpc) is 2.78. The van der Waals surface area contributed by atoms with Gasteiger partial charge in [-0.1, -0.05) is 13.8 Å².